The fourth-order valence-electron chi connectivity index (χ4n) is 1.45. The van der Waals surface area contributed by atoms with Gasteiger partial charge >= 0.3 is 0 Å². The lowest BCUT2D eigenvalue weighted by atomic mass is 10.1. The van der Waals surface area contributed by atoms with Gasteiger partial charge < -0.3 is 4.57 Å². The molecule has 2 aromatic rings. The van der Waals surface area contributed by atoms with Crippen LogP contribution in [0.3, 0.4) is 0 Å². The Bertz CT molecular complexity index is 419. The Morgan fingerprint density at radius 1 is 1.47 bits per heavy atom. The van der Waals surface area contributed by atoms with Crippen molar-refractivity contribution in [3.05, 3.63) is 42.7 Å². The number of imidazole rings is 1. The van der Waals surface area contributed by atoms with E-state index in [4.69, 9.17) is 0 Å². The van der Waals surface area contributed by atoms with Crippen molar-refractivity contribution >= 4 is 0 Å². The van der Waals surface area contributed by atoms with Gasteiger partial charge in [0.25, 0.3) is 0 Å². The zero-order chi connectivity index (χ0) is 10.7. The van der Waals surface area contributed by atoms with Crippen LogP contribution in [0.25, 0.3) is 5.69 Å². The van der Waals surface area contributed by atoms with Crippen LogP contribution in [0.2, 0.25) is 0 Å². The van der Waals surface area contributed by atoms with Crippen LogP contribution in [-0.4, -0.2) is 14.5 Å². The molecule has 0 N–H and O–H groups in total. The van der Waals surface area contributed by atoms with Gasteiger partial charge in [-0.15, -0.1) is 0 Å². The predicted octanol–water partition coefficient (Wildman–Crippen LogP) is 2.78. The van der Waals surface area contributed by atoms with Crippen molar-refractivity contribution in [2.24, 2.45) is 0 Å². The maximum Gasteiger partial charge on any atom is 0.0995 e. The fraction of sp³-hybridized carbons (Fsp3) is 0.333. The number of aromatic nitrogens is 3. The summed E-state index contributed by atoms with van der Waals surface area (Å²) >= 11 is 0. The summed E-state index contributed by atoms with van der Waals surface area (Å²) in [7, 11) is 0. The Balaban J connectivity index is 2.28. The first-order valence-electron chi connectivity index (χ1n) is 5.25. The molecule has 0 fully saturated rings. The maximum absolute atomic E-state index is 4.40. The van der Waals surface area contributed by atoms with Crippen LogP contribution >= 0.6 is 0 Å². The van der Waals surface area contributed by atoms with Gasteiger partial charge in [0.2, 0.25) is 0 Å². The van der Waals surface area contributed by atoms with Crippen molar-refractivity contribution in [1.82, 2.24) is 14.5 Å². The summed E-state index contributed by atoms with van der Waals surface area (Å²) in [5.41, 5.74) is 2.20. The lowest BCUT2D eigenvalue weighted by Crippen LogP contribution is -1.92. The first-order chi connectivity index (χ1) is 7.31. The van der Waals surface area contributed by atoms with Crippen molar-refractivity contribution in [2.45, 2.75) is 26.2 Å². The molecule has 2 rings (SSSR count). The molecule has 0 amide bonds. The Morgan fingerprint density at radius 2 is 2.33 bits per heavy atom. The third kappa shape index (κ3) is 2.06. The average molecular weight is 201 g/mol. The Labute approximate surface area is 89.8 Å². The molecule has 1 atom stereocenters. The summed E-state index contributed by atoms with van der Waals surface area (Å²) in [5, 5.41) is 0. The molecule has 3 heteroatoms. The number of hydrogen-bond acceptors (Lipinski definition) is 2. The van der Waals surface area contributed by atoms with Gasteiger partial charge in [0, 0.05) is 12.4 Å². The van der Waals surface area contributed by atoms with E-state index in [9.17, 15) is 0 Å². The van der Waals surface area contributed by atoms with Crippen LogP contribution < -0.4 is 0 Å². The average Bonchev–Trinajstić information content (AvgIpc) is 2.78. The van der Waals surface area contributed by atoms with E-state index in [2.05, 4.69) is 30.0 Å². The molecule has 0 aliphatic rings. The summed E-state index contributed by atoms with van der Waals surface area (Å²) in [6.07, 6.45) is 8.64. The summed E-state index contributed by atoms with van der Waals surface area (Å²) < 4.78 is 2.01. The van der Waals surface area contributed by atoms with Gasteiger partial charge in [-0.05, 0) is 24.5 Å². The monoisotopic (exact) mass is 201 g/mol. The second-order valence-electron chi connectivity index (χ2n) is 3.73. The smallest absolute Gasteiger partial charge is 0.0995 e. The summed E-state index contributed by atoms with van der Waals surface area (Å²) in [6, 6.07) is 3.95. The van der Waals surface area contributed by atoms with E-state index in [1.165, 1.54) is 0 Å². The van der Waals surface area contributed by atoms with E-state index in [-0.39, 0.29) is 0 Å². The van der Waals surface area contributed by atoms with E-state index in [1.807, 2.05) is 29.2 Å². The van der Waals surface area contributed by atoms with Crippen molar-refractivity contribution in [2.75, 3.05) is 0 Å². The Kier molecular flexibility index (Phi) is 2.81. The third-order valence-electron chi connectivity index (χ3n) is 2.66. The van der Waals surface area contributed by atoms with Crippen LogP contribution in [0.15, 0.2) is 37.1 Å². The number of hydrogen-bond donors (Lipinski definition) is 0. The highest BCUT2D eigenvalue weighted by atomic mass is 15.0. The molecular weight excluding hydrogens is 186 g/mol. The molecule has 0 aliphatic carbocycles. The first kappa shape index (κ1) is 9.90. The lowest BCUT2D eigenvalue weighted by molar-refractivity contribution is 0.712. The summed E-state index contributed by atoms with van der Waals surface area (Å²) in [4.78, 5) is 8.49. The van der Waals surface area contributed by atoms with Crippen LogP contribution in [-0.2, 0) is 0 Å². The Hall–Kier alpha value is -1.64. The molecule has 15 heavy (non-hydrogen) atoms. The number of rotatable bonds is 3. The maximum atomic E-state index is 4.40. The van der Waals surface area contributed by atoms with E-state index in [0.29, 0.717) is 5.92 Å². The molecule has 0 saturated carbocycles. The van der Waals surface area contributed by atoms with Crippen molar-refractivity contribution in [3.63, 3.8) is 0 Å². The van der Waals surface area contributed by atoms with Gasteiger partial charge in [-0.25, -0.2) is 4.98 Å². The second kappa shape index (κ2) is 4.26. The minimum absolute atomic E-state index is 0.517. The van der Waals surface area contributed by atoms with Gasteiger partial charge in [0.05, 0.1) is 23.9 Å². The third-order valence-corrected chi connectivity index (χ3v) is 2.66. The van der Waals surface area contributed by atoms with Crippen molar-refractivity contribution < 1.29 is 0 Å². The van der Waals surface area contributed by atoms with Gasteiger partial charge in [-0.2, -0.15) is 0 Å². The topological polar surface area (TPSA) is 30.7 Å². The molecular formula is C12H15N3. The molecule has 2 heterocycles. The van der Waals surface area contributed by atoms with Crippen molar-refractivity contribution in [1.29, 1.82) is 0 Å². The highest BCUT2D eigenvalue weighted by Gasteiger charge is 2.06. The van der Waals surface area contributed by atoms with Crippen LogP contribution in [0.4, 0.5) is 0 Å². The molecule has 0 aliphatic heterocycles. The van der Waals surface area contributed by atoms with E-state index < -0.39 is 0 Å². The number of pyridine rings is 1. The highest BCUT2D eigenvalue weighted by molar-refractivity contribution is 5.28. The fourth-order valence-corrected chi connectivity index (χ4v) is 1.45. The zero-order valence-corrected chi connectivity index (χ0v) is 9.09. The van der Waals surface area contributed by atoms with E-state index in [1.54, 1.807) is 6.20 Å². The first-order valence-corrected chi connectivity index (χ1v) is 5.25. The molecule has 78 valence electrons. The molecule has 1 unspecified atom stereocenters. The molecule has 2 aromatic heterocycles. The largest absolute Gasteiger partial charge is 0.304 e. The standard InChI is InChI=1S/C12H15N3/c1-3-10(2)12-8-15(9-14-12)11-5-4-6-13-7-11/h4-10H,3H2,1-2H3. The van der Waals surface area contributed by atoms with E-state index in [0.717, 1.165) is 17.8 Å². The molecule has 0 spiro atoms. The van der Waals surface area contributed by atoms with Crippen LogP contribution in [0, 0.1) is 0 Å². The summed E-state index contributed by atoms with van der Waals surface area (Å²) in [6.45, 7) is 4.36. The molecule has 0 radical (unpaired) electrons. The SMILES string of the molecule is CCC(C)c1cn(-c2cccnc2)cn1. The quantitative estimate of drug-likeness (QED) is 0.764. The molecule has 0 bridgehead atoms. The zero-order valence-electron chi connectivity index (χ0n) is 9.09. The lowest BCUT2D eigenvalue weighted by Gasteiger charge is -2.03. The Morgan fingerprint density at radius 3 is 3.00 bits per heavy atom. The summed E-state index contributed by atoms with van der Waals surface area (Å²) in [5.74, 6) is 0.517. The second-order valence-corrected chi connectivity index (χ2v) is 3.73. The van der Waals surface area contributed by atoms with Gasteiger partial charge in [-0.3, -0.25) is 4.98 Å². The highest BCUT2D eigenvalue weighted by Crippen LogP contribution is 2.17. The predicted molar refractivity (Wildman–Crippen MR) is 60.1 cm³/mol. The van der Waals surface area contributed by atoms with Crippen molar-refractivity contribution in [3.8, 4) is 5.69 Å². The van der Waals surface area contributed by atoms with Crippen LogP contribution in [0.1, 0.15) is 31.9 Å². The normalized spacial score (nSPS) is 12.7. The van der Waals surface area contributed by atoms with Gasteiger partial charge in [-0.1, -0.05) is 13.8 Å². The number of nitrogens with zero attached hydrogens (tertiary/aromatic N) is 3. The van der Waals surface area contributed by atoms with Gasteiger partial charge in [0.15, 0.2) is 0 Å². The molecule has 3 nitrogen and oxygen atoms in total. The minimum Gasteiger partial charge on any atom is -0.304 e. The van der Waals surface area contributed by atoms with E-state index >= 15 is 0 Å². The van der Waals surface area contributed by atoms with Gasteiger partial charge in [0.1, 0.15) is 0 Å². The molecule has 0 saturated heterocycles. The van der Waals surface area contributed by atoms with Crippen LogP contribution in [0.5, 0.6) is 0 Å². The molecule has 0 aromatic carbocycles. The minimum atomic E-state index is 0.517.